The van der Waals surface area contributed by atoms with Gasteiger partial charge in [0.2, 0.25) is 5.82 Å². The topological polar surface area (TPSA) is 74.5 Å². The normalized spacial score (nSPS) is 11.1. The van der Waals surface area contributed by atoms with Crippen molar-refractivity contribution >= 4 is 23.6 Å². The van der Waals surface area contributed by atoms with E-state index >= 15 is 0 Å². The molecule has 2 aromatic carbocycles. The molecule has 0 unspecified atom stereocenters. The zero-order valence-electron chi connectivity index (χ0n) is 14.2. The van der Waals surface area contributed by atoms with Gasteiger partial charge in [-0.25, -0.2) is 4.79 Å². The average Bonchev–Trinajstić information content (AvgIpc) is 3.14. The lowest BCUT2D eigenvalue weighted by atomic mass is 10.2. The summed E-state index contributed by atoms with van der Waals surface area (Å²) in [6.45, 7) is -3.08. The molecule has 0 spiro atoms. The van der Waals surface area contributed by atoms with Crippen molar-refractivity contribution in [1.29, 1.82) is 0 Å². The number of alkyl halides is 2. The van der Waals surface area contributed by atoms with Crippen LogP contribution in [0.2, 0.25) is 5.02 Å². The van der Waals surface area contributed by atoms with E-state index in [4.69, 9.17) is 20.9 Å². The van der Waals surface area contributed by atoms with Crippen molar-refractivity contribution in [1.82, 2.24) is 10.1 Å². The van der Waals surface area contributed by atoms with Gasteiger partial charge in [-0.15, -0.1) is 0 Å². The van der Waals surface area contributed by atoms with Crippen molar-refractivity contribution in [2.24, 2.45) is 0 Å². The predicted octanol–water partition coefficient (Wildman–Crippen LogP) is 4.75. The maximum Gasteiger partial charge on any atom is 0.387 e. The minimum atomic E-state index is -2.89. The number of aromatic nitrogens is 2. The Morgan fingerprint density at radius 2 is 2.00 bits per heavy atom. The first kappa shape index (κ1) is 19.5. The predicted molar refractivity (Wildman–Crippen MR) is 96.6 cm³/mol. The van der Waals surface area contributed by atoms with Crippen LogP contribution in [0.15, 0.2) is 59.1 Å². The van der Waals surface area contributed by atoms with Gasteiger partial charge in [0.05, 0.1) is 0 Å². The third kappa shape index (κ3) is 5.62. The first-order chi connectivity index (χ1) is 13.5. The van der Waals surface area contributed by atoms with Gasteiger partial charge in [-0.3, -0.25) is 0 Å². The van der Waals surface area contributed by atoms with E-state index in [1.165, 1.54) is 36.4 Å². The van der Waals surface area contributed by atoms with Crippen molar-refractivity contribution in [3.05, 3.63) is 71.1 Å². The van der Waals surface area contributed by atoms with Gasteiger partial charge >= 0.3 is 12.6 Å². The fourth-order valence-corrected chi connectivity index (χ4v) is 2.35. The standard InChI is InChI=1S/C19H13ClF2N2O4/c20-14-3-1-2-13(10-14)18-23-16(28-24-18)11-26-17(25)9-6-12-4-7-15(8-5-12)27-19(21)22/h1-10,19H,11H2/b9-6+. The fraction of sp³-hybridized carbons (Fsp3) is 0.105. The molecule has 1 heterocycles. The summed E-state index contributed by atoms with van der Waals surface area (Å²) in [5.74, 6) is -0.141. The summed E-state index contributed by atoms with van der Waals surface area (Å²) in [6.07, 6.45) is 2.66. The highest BCUT2D eigenvalue weighted by molar-refractivity contribution is 6.30. The van der Waals surface area contributed by atoms with E-state index in [-0.39, 0.29) is 18.2 Å². The monoisotopic (exact) mass is 406 g/mol. The zero-order chi connectivity index (χ0) is 19.9. The molecule has 0 saturated heterocycles. The van der Waals surface area contributed by atoms with Crippen molar-refractivity contribution in [3.8, 4) is 17.1 Å². The summed E-state index contributed by atoms with van der Waals surface area (Å²) in [7, 11) is 0. The highest BCUT2D eigenvalue weighted by atomic mass is 35.5. The molecule has 3 aromatic rings. The van der Waals surface area contributed by atoms with E-state index in [1.54, 1.807) is 24.3 Å². The molecule has 0 aliphatic rings. The summed E-state index contributed by atoms with van der Waals surface area (Å²) >= 11 is 5.92. The number of halogens is 3. The number of hydrogen-bond acceptors (Lipinski definition) is 6. The lowest BCUT2D eigenvalue weighted by Gasteiger charge is -2.03. The molecule has 28 heavy (non-hydrogen) atoms. The highest BCUT2D eigenvalue weighted by Gasteiger charge is 2.10. The number of carbonyl (C=O) groups excluding carboxylic acids is 1. The summed E-state index contributed by atoms with van der Waals surface area (Å²) < 4.78 is 38.5. The van der Waals surface area contributed by atoms with Crippen LogP contribution in [0.3, 0.4) is 0 Å². The summed E-state index contributed by atoms with van der Waals surface area (Å²) in [4.78, 5) is 15.9. The van der Waals surface area contributed by atoms with Gasteiger partial charge in [0.15, 0.2) is 6.61 Å². The van der Waals surface area contributed by atoms with E-state index in [2.05, 4.69) is 14.9 Å². The molecule has 0 aliphatic carbocycles. The Hall–Kier alpha value is -3.26. The Kier molecular flexibility index (Phi) is 6.33. The van der Waals surface area contributed by atoms with Gasteiger partial charge in [0.25, 0.3) is 5.89 Å². The average molecular weight is 407 g/mol. The molecule has 1 aromatic heterocycles. The molecule has 9 heteroatoms. The Morgan fingerprint density at radius 1 is 1.21 bits per heavy atom. The summed E-state index contributed by atoms with van der Waals surface area (Å²) in [5, 5.41) is 4.34. The van der Waals surface area contributed by atoms with Crippen LogP contribution in [0.5, 0.6) is 5.75 Å². The maximum absolute atomic E-state index is 12.1. The van der Waals surface area contributed by atoms with E-state index in [1.807, 2.05) is 0 Å². The van der Waals surface area contributed by atoms with Crippen LogP contribution >= 0.6 is 11.6 Å². The van der Waals surface area contributed by atoms with E-state index < -0.39 is 12.6 Å². The lowest BCUT2D eigenvalue weighted by molar-refractivity contribution is -0.139. The van der Waals surface area contributed by atoms with Crippen LogP contribution in [-0.4, -0.2) is 22.7 Å². The quantitative estimate of drug-likeness (QED) is 0.416. The molecule has 0 aliphatic heterocycles. The lowest BCUT2D eigenvalue weighted by Crippen LogP contribution is -2.01. The molecule has 0 radical (unpaired) electrons. The third-order valence-electron chi connectivity index (χ3n) is 3.41. The molecule has 0 fully saturated rings. The van der Waals surface area contributed by atoms with Gasteiger partial charge in [-0.05, 0) is 35.9 Å². The van der Waals surface area contributed by atoms with Crippen LogP contribution in [-0.2, 0) is 16.1 Å². The number of ether oxygens (including phenoxy) is 2. The second kappa shape index (κ2) is 9.09. The number of rotatable bonds is 7. The highest BCUT2D eigenvalue weighted by Crippen LogP contribution is 2.20. The van der Waals surface area contributed by atoms with Crippen molar-refractivity contribution in [3.63, 3.8) is 0 Å². The second-order valence-electron chi connectivity index (χ2n) is 5.41. The molecule has 144 valence electrons. The van der Waals surface area contributed by atoms with Gasteiger partial charge in [-0.2, -0.15) is 13.8 Å². The minimum absolute atomic E-state index is 0.0293. The molecule has 0 atom stereocenters. The number of hydrogen-bond donors (Lipinski definition) is 0. The van der Waals surface area contributed by atoms with Gasteiger partial charge in [0, 0.05) is 16.7 Å². The largest absolute Gasteiger partial charge is 0.452 e. The Morgan fingerprint density at radius 3 is 2.71 bits per heavy atom. The summed E-state index contributed by atoms with van der Waals surface area (Å²) in [6, 6.07) is 12.7. The smallest absolute Gasteiger partial charge is 0.387 e. The number of nitrogens with zero attached hydrogens (tertiary/aromatic N) is 2. The summed E-state index contributed by atoms with van der Waals surface area (Å²) in [5.41, 5.74) is 1.28. The fourth-order valence-electron chi connectivity index (χ4n) is 2.16. The van der Waals surface area contributed by atoms with Crippen LogP contribution < -0.4 is 4.74 Å². The van der Waals surface area contributed by atoms with Crippen LogP contribution in [0, 0.1) is 0 Å². The third-order valence-corrected chi connectivity index (χ3v) is 3.64. The number of benzene rings is 2. The van der Waals surface area contributed by atoms with Crippen molar-refractivity contribution in [2.45, 2.75) is 13.2 Å². The molecule has 0 N–H and O–H groups in total. The minimum Gasteiger partial charge on any atom is -0.452 e. The van der Waals surface area contributed by atoms with Crippen LogP contribution in [0.1, 0.15) is 11.5 Å². The molecule has 6 nitrogen and oxygen atoms in total. The van der Waals surface area contributed by atoms with Crippen molar-refractivity contribution in [2.75, 3.05) is 0 Å². The zero-order valence-corrected chi connectivity index (χ0v) is 15.0. The first-order valence-corrected chi connectivity index (χ1v) is 8.35. The van der Waals surface area contributed by atoms with Gasteiger partial charge in [-0.1, -0.05) is 41.0 Å². The Bertz CT molecular complexity index is 974. The van der Waals surface area contributed by atoms with E-state index in [9.17, 15) is 13.6 Å². The molecule has 0 bridgehead atoms. The number of esters is 1. The molecular weight excluding hydrogens is 394 g/mol. The van der Waals surface area contributed by atoms with Crippen LogP contribution in [0.25, 0.3) is 17.5 Å². The molecule has 0 amide bonds. The number of carbonyl (C=O) groups is 1. The van der Waals surface area contributed by atoms with Gasteiger partial charge < -0.3 is 14.0 Å². The van der Waals surface area contributed by atoms with Gasteiger partial charge in [0.1, 0.15) is 5.75 Å². The van der Waals surface area contributed by atoms with Crippen molar-refractivity contribution < 1.29 is 27.6 Å². The molecule has 0 saturated carbocycles. The molecule has 3 rings (SSSR count). The van der Waals surface area contributed by atoms with Crippen LogP contribution in [0.4, 0.5) is 8.78 Å². The Balaban J connectivity index is 1.52. The van der Waals surface area contributed by atoms with E-state index in [0.717, 1.165) is 0 Å². The Labute approximate surface area is 163 Å². The van der Waals surface area contributed by atoms with E-state index in [0.29, 0.717) is 22.0 Å². The SMILES string of the molecule is O=C(/C=C/c1ccc(OC(F)F)cc1)OCc1nc(-c2cccc(Cl)c2)no1. The maximum atomic E-state index is 12.1. The second-order valence-corrected chi connectivity index (χ2v) is 5.85. The first-order valence-electron chi connectivity index (χ1n) is 7.98. The molecular formula is C19H13ClF2N2O4.